The van der Waals surface area contributed by atoms with Crippen molar-refractivity contribution in [2.75, 3.05) is 0 Å². The zero-order valence-electron chi connectivity index (χ0n) is 18.3. The third kappa shape index (κ3) is 12.3. The number of cyclic esters (lactones) is 2. The van der Waals surface area contributed by atoms with Gasteiger partial charge in [-0.1, -0.05) is 0 Å². The Hall–Kier alpha value is -3.40. The molecule has 4 N–H and O–H groups in total. The van der Waals surface area contributed by atoms with Crippen LogP contribution in [-0.4, -0.2) is 28.9 Å². The van der Waals surface area contributed by atoms with Crippen LogP contribution in [0.1, 0.15) is 61.6 Å². The molecule has 176 valence electrons. The second-order valence-corrected chi connectivity index (χ2v) is 6.95. The summed E-state index contributed by atoms with van der Waals surface area (Å²) in [7, 11) is 0. The molecule has 10 nitrogen and oxygen atoms in total. The van der Waals surface area contributed by atoms with Crippen LogP contribution in [0, 0.1) is 13.8 Å². The summed E-state index contributed by atoms with van der Waals surface area (Å²) in [6, 6.07) is 7.41. The smallest absolute Gasteiger partial charge is 0.313 e. The molecule has 0 bridgehead atoms. The van der Waals surface area contributed by atoms with Gasteiger partial charge in [0, 0.05) is 25.7 Å². The molecule has 2 aromatic rings. The fraction of sp³-hybridized carbons (Fsp3) is 0.455. The van der Waals surface area contributed by atoms with Crippen molar-refractivity contribution in [1.82, 2.24) is 5.32 Å². The molecule has 0 unspecified atom stereocenters. The molecule has 0 aromatic carbocycles. The van der Waals surface area contributed by atoms with Gasteiger partial charge in [-0.15, -0.1) is 0 Å². The van der Waals surface area contributed by atoms with Gasteiger partial charge in [0.25, 0.3) is 0 Å². The molecule has 0 aliphatic carbocycles. The van der Waals surface area contributed by atoms with Gasteiger partial charge in [0.2, 0.25) is 5.91 Å². The summed E-state index contributed by atoms with van der Waals surface area (Å²) in [5, 5.41) is 11.1. The zero-order chi connectivity index (χ0) is 23.9. The maximum atomic E-state index is 11.3. The molecule has 0 radical (unpaired) electrons. The number of carbonyl (C=O) groups excluding carboxylic acids is 3. The first-order chi connectivity index (χ1) is 15.2. The number of nitrogens with two attached hydrogens (primary N) is 1. The van der Waals surface area contributed by atoms with Crippen molar-refractivity contribution in [3.8, 4) is 0 Å². The van der Waals surface area contributed by atoms with Crippen LogP contribution in [0.15, 0.2) is 33.1 Å². The van der Waals surface area contributed by atoms with E-state index in [0.717, 1.165) is 17.3 Å². The van der Waals surface area contributed by atoms with Gasteiger partial charge in [0.15, 0.2) is 0 Å². The van der Waals surface area contributed by atoms with E-state index in [2.05, 4.69) is 10.1 Å². The maximum Gasteiger partial charge on any atom is 0.313 e. The molecule has 0 atom stereocenters. The predicted molar refractivity (Wildman–Crippen MR) is 113 cm³/mol. The number of hydrogen-bond donors (Lipinski definition) is 3. The van der Waals surface area contributed by atoms with Gasteiger partial charge < -0.3 is 29.7 Å². The molecular weight excluding hydrogens is 420 g/mol. The number of hydrogen-bond acceptors (Lipinski definition) is 8. The first-order valence-corrected chi connectivity index (χ1v) is 10.2. The molecule has 0 spiro atoms. The number of rotatable bonds is 7. The lowest BCUT2D eigenvalue weighted by Gasteiger charge is -2.06. The van der Waals surface area contributed by atoms with E-state index in [1.54, 1.807) is 6.07 Å². The Labute approximate surface area is 186 Å². The Morgan fingerprint density at radius 2 is 1.53 bits per heavy atom. The monoisotopic (exact) mass is 450 g/mol. The zero-order valence-corrected chi connectivity index (χ0v) is 18.3. The summed E-state index contributed by atoms with van der Waals surface area (Å²) in [4.78, 5) is 41.9. The van der Waals surface area contributed by atoms with E-state index in [9.17, 15) is 19.2 Å². The van der Waals surface area contributed by atoms with Crippen LogP contribution in [0.3, 0.4) is 0 Å². The number of nitrogens with one attached hydrogen (secondary N) is 1. The molecule has 1 aliphatic rings. The Bertz CT molecular complexity index is 870. The molecule has 32 heavy (non-hydrogen) atoms. The van der Waals surface area contributed by atoms with Crippen LogP contribution < -0.4 is 11.1 Å². The first-order valence-electron chi connectivity index (χ1n) is 10.2. The lowest BCUT2D eigenvalue weighted by molar-refractivity contribution is -0.163. The SMILES string of the molecule is Cc1ccc(CN)o1.Cc1ccc(CNC(=O)CCCC(=O)O)o1.O=C1CCCC(=O)O1. The molecule has 1 aliphatic heterocycles. The molecule has 2 aromatic heterocycles. The van der Waals surface area contributed by atoms with E-state index in [-0.39, 0.29) is 30.7 Å². The summed E-state index contributed by atoms with van der Waals surface area (Å²) in [5.74, 6) is 1.46. The fourth-order valence-electron chi connectivity index (χ4n) is 2.46. The summed E-state index contributed by atoms with van der Waals surface area (Å²) >= 11 is 0. The highest BCUT2D eigenvalue weighted by atomic mass is 16.6. The van der Waals surface area contributed by atoms with Gasteiger partial charge in [-0.2, -0.15) is 0 Å². The predicted octanol–water partition coefficient (Wildman–Crippen LogP) is 2.75. The van der Waals surface area contributed by atoms with E-state index < -0.39 is 5.97 Å². The third-order valence-electron chi connectivity index (χ3n) is 4.04. The number of carboxylic acids is 1. The molecule has 1 saturated heterocycles. The molecular formula is C22H30N2O8. The quantitative estimate of drug-likeness (QED) is 0.425. The summed E-state index contributed by atoms with van der Waals surface area (Å²) in [5.41, 5.74) is 5.27. The Balaban J connectivity index is 0.000000267. The lowest BCUT2D eigenvalue weighted by Crippen LogP contribution is -2.22. The number of aliphatic carboxylic acids is 1. The van der Waals surface area contributed by atoms with Gasteiger partial charge in [0.1, 0.15) is 23.0 Å². The number of ether oxygens (including phenoxy) is 1. The Kier molecular flexibility index (Phi) is 12.1. The van der Waals surface area contributed by atoms with Gasteiger partial charge in [-0.25, -0.2) is 0 Å². The van der Waals surface area contributed by atoms with Crippen LogP contribution in [0.4, 0.5) is 0 Å². The second-order valence-electron chi connectivity index (χ2n) is 6.95. The number of furan rings is 2. The molecule has 10 heteroatoms. The van der Waals surface area contributed by atoms with Crippen LogP contribution in [0.2, 0.25) is 0 Å². The van der Waals surface area contributed by atoms with Crippen molar-refractivity contribution in [1.29, 1.82) is 0 Å². The average molecular weight is 450 g/mol. The van der Waals surface area contributed by atoms with E-state index in [0.29, 0.717) is 44.5 Å². The van der Waals surface area contributed by atoms with E-state index in [1.165, 1.54) is 0 Å². The minimum Gasteiger partial charge on any atom is -0.481 e. The highest BCUT2D eigenvalue weighted by Crippen LogP contribution is 2.07. The van der Waals surface area contributed by atoms with Gasteiger partial charge in [0.05, 0.1) is 13.1 Å². The second kappa shape index (κ2) is 14.6. The topological polar surface area (TPSA) is 162 Å². The van der Waals surface area contributed by atoms with Crippen LogP contribution in [0.5, 0.6) is 0 Å². The van der Waals surface area contributed by atoms with Crippen LogP contribution in [0.25, 0.3) is 0 Å². The van der Waals surface area contributed by atoms with Crippen molar-refractivity contribution < 1.29 is 37.9 Å². The summed E-state index contributed by atoms with van der Waals surface area (Å²) in [6.45, 7) is 4.57. The normalized spacial score (nSPS) is 12.6. The summed E-state index contributed by atoms with van der Waals surface area (Å²) < 4.78 is 14.6. The van der Waals surface area contributed by atoms with Crippen LogP contribution >= 0.6 is 0 Å². The molecule has 1 fully saturated rings. The average Bonchev–Trinajstić information content (AvgIpc) is 3.34. The minimum atomic E-state index is -0.880. The molecule has 3 heterocycles. The first kappa shape index (κ1) is 26.6. The fourth-order valence-corrected chi connectivity index (χ4v) is 2.46. The van der Waals surface area contributed by atoms with Gasteiger partial charge >= 0.3 is 17.9 Å². The lowest BCUT2D eigenvalue weighted by atomic mass is 10.2. The van der Waals surface area contributed by atoms with Gasteiger partial charge in [-0.3, -0.25) is 19.2 Å². The van der Waals surface area contributed by atoms with Crippen molar-refractivity contribution >= 4 is 23.8 Å². The van der Waals surface area contributed by atoms with Crippen molar-refractivity contribution in [2.24, 2.45) is 5.73 Å². The van der Waals surface area contributed by atoms with Crippen molar-refractivity contribution in [3.05, 3.63) is 47.3 Å². The standard InChI is InChI=1S/C11H15NO4.C6H9NO.C5H6O3/c1-8-5-6-9(16-8)7-12-10(13)3-2-4-11(14)15;1-5-2-3-6(4-7)8-5;6-4-2-1-3-5(7)8-4/h5-6H,2-4,7H2,1H3,(H,12,13)(H,14,15);2-3H,4,7H2,1H3;1-3H2. The van der Waals surface area contributed by atoms with E-state index in [1.807, 2.05) is 32.0 Å². The van der Waals surface area contributed by atoms with Crippen LogP contribution in [-0.2, 0) is 37.0 Å². The highest BCUT2D eigenvalue weighted by molar-refractivity contribution is 5.87. The summed E-state index contributed by atoms with van der Waals surface area (Å²) in [6.07, 6.45) is 2.05. The molecule has 1 amide bonds. The molecule has 3 rings (SSSR count). The number of esters is 2. The maximum absolute atomic E-state index is 11.3. The van der Waals surface area contributed by atoms with Crippen molar-refractivity contribution in [2.45, 2.75) is 65.5 Å². The highest BCUT2D eigenvalue weighted by Gasteiger charge is 2.16. The Morgan fingerprint density at radius 1 is 0.969 bits per heavy atom. The van der Waals surface area contributed by atoms with E-state index in [4.69, 9.17) is 19.7 Å². The minimum absolute atomic E-state index is 0.0211. The number of carbonyl (C=O) groups is 4. The molecule has 0 saturated carbocycles. The largest absolute Gasteiger partial charge is 0.481 e. The number of amides is 1. The number of aryl methyl sites for hydroxylation is 2. The van der Waals surface area contributed by atoms with Crippen molar-refractivity contribution in [3.63, 3.8) is 0 Å². The van der Waals surface area contributed by atoms with Gasteiger partial charge in [-0.05, 0) is 51.0 Å². The Morgan fingerprint density at radius 3 is 1.91 bits per heavy atom. The van der Waals surface area contributed by atoms with E-state index >= 15 is 0 Å². The third-order valence-corrected chi connectivity index (χ3v) is 4.04. The number of carboxylic acid groups (broad SMARTS) is 1.